The molecule has 0 aliphatic heterocycles. The maximum absolute atomic E-state index is 12.5. The van der Waals surface area contributed by atoms with Gasteiger partial charge in [-0.3, -0.25) is 4.79 Å². The van der Waals surface area contributed by atoms with Crippen molar-refractivity contribution in [2.24, 2.45) is 7.05 Å². The minimum absolute atomic E-state index is 0.0336. The first-order valence-electron chi connectivity index (χ1n) is 7.74. The van der Waals surface area contributed by atoms with Crippen LogP contribution in [0.25, 0.3) is 5.82 Å². The number of carbonyl (C=O) groups excluding carboxylic acids is 1. The number of pyridine rings is 1. The van der Waals surface area contributed by atoms with Crippen LogP contribution < -0.4 is 10.0 Å². The van der Waals surface area contributed by atoms with Crippen molar-refractivity contribution in [1.82, 2.24) is 29.4 Å². The number of rotatable bonds is 6. The van der Waals surface area contributed by atoms with Crippen molar-refractivity contribution in [1.29, 1.82) is 0 Å². The van der Waals surface area contributed by atoms with Gasteiger partial charge in [-0.2, -0.15) is 5.10 Å². The molecule has 0 spiro atoms. The first-order chi connectivity index (χ1) is 12.4. The lowest BCUT2D eigenvalue weighted by atomic mass is 10.2. The molecule has 0 saturated heterocycles. The Bertz CT molecular complexity index is 1020. The predicted octanol–water partition coefficient (Wildman–Crippen LogP) is 0.444. The van der Waals surface area contributed by atoms with E-state index in [9.17, 15) is 13.2 Å². The SMILES string of the molecule is CNS(=O)(=O)c1cc(C(=O)NCc2cccnc2-n2cccn2)n(C)c1. The van der Waals surface area contributed by atoms with Crippen molar-refractivity contribution in [3.05, 3.63) is 60.3 Å². The molecule has 2 N–H and O–H groups in total. The van der Waals surface area contributed by atoms with E-state index in [0.29, 0.717) is 5.82 Å². The smallest absolute Gasteiger partial charge is 0.268 e. The highest BCUT2D eigenvalue weighted by molar-refractivity contribution is 7.89. The molecule has 0 radical (unpaired) electrons. The van der Waals surface area contributed by atoms with E-state index in [1.54, 1.807) is 42.5 Å². The summed E-state index contributed by atoms with van der Waals surface area (Å²) in [4.78, 5) is 16.8. The van der Waals surface area contributed by atoms with E-state index in [1.165, 1.54) is 23.9 Å². The van der Waals surface area contributed by atoms with Gasteiger partial charge in [0.15, 0.2) is 5.82 Å². The molecule has 0 saturated carbocycles. The van der Waals surface area contributed by atoms with E-state index in [4.69, 9.17) is 0 Å². The first kappa shape index (κ1) is 17.8. The van der Waals surface area contributed by atoms with E-state index < -0.39 is 10.0 Å². The van der Waals surface area contributed by atoms with Crippen molar-refractivity contribution in [2.75, 3.05) is 7.05 Å². The summed E-state index contributed by atoms with van der Waals surface area (Å²) in [5, 5.41) is 6.94. The van der Waals surface area contributed by atoms with E-state index in [1.807, 2.05) is 6.07 Å². The maximum atomic E-state index is 12.5. The van der Waals surface area contributed by atoms with Gasteiger partial charge < -0.3 is 9.88 Å². The maximum Gasteiger partial charge on any atom is 0.268 e. The second-order valence-corrected chi connectivity index (χ2v) is 7.39. The first-order valence-corrected chi connectivity index (χ1v) is 9.22. The minimum Gasteiger partial charge on any atom is -0.347 e. The van der Waals surface area contributed by atoms with Crippen molar-refractivity contribution < 1.29 is 13.2 Å². The Balaban J connectivity index is 1.79. The van der Waals surface area contributed by atoms with Crippen LogP contribution in [0.1, 0.15) is 16.1 Å². The number of carbonyl (C=O) groups is 1. The normalized spacial score (nSPS) is 11.5. The molecule has 136 valence electrons. The van der Waals surface area contributed by atoms with Gasteiger partial charge >= 0.3 is 0 Å². The van der Waals surface area contributed by atoms with Gasteiger partial charge in [-0.05, 0) is 25.2 Å². The number of aryl methyl sites for hydroxylation is 1. The molecule has 0 aromatic carbocycles. The second-order valence-electron chi connectivity index (χ2n) is 5.50. The molecule has 9 nitrogen and oxygen atoms in total. The van der Waals surface area contributed by atoms with Crippen LogP contribution in [0.2, 0.25) is 0 Å². The topological polar surface area (TPSA) is 111 Å². The molecule has 0 fully saturated rings. The number of hydrogen-bond donors (Lipinski definition) is 2. The van der Waals surface area contributed by atoms with E-state index in [-0.39, 0.29) is 23.0 Å². The van der Waals surface area contributed by atoms with Gasteiger partial charge in [-0.25, -0.2) is 22.8 Å². The monoisotopic (exact) mass is 374 g/mol. The molecular weight excluding hydrogens is 356 g/mol. The zero-order valence-electron chi connectivity index (χ0n) is 14.2. The Morgan fingerprint density at radius 2 is 2.08 bits per heavy atom. The Morgan fingerprint density at radius 1 is 1.27 bits per heavy atom. The molecule has 1 amide bonds. The molecule has 0 aliphatic rings. The third kappa shape index (κ3) is 3.51. The molecule has 3 aromatic rings. The summed E-state index contributed by atoms with van der Waals surface area (Å²) < 4.78 is 29.1. The number of sulfonamides is 1. The molecule has 10 heteroatoms. The highest BCUT2D eigenvalue weighted by atomic mass is 32.2. The van der Waals surface area contributed by atoms with Crippen LogP contribution in [0.3, 0.4) is 0 Å². The highest BCUT2D eigenvalue weighted by Crippen LogP contribution is 2.14. The van der Waals surface area contributed by atoms with Crippen LogP contribution in [0.15, 0.2) is 53.9 Å². The molecular formula is C16H18N6O3S. The van der Waals surface area contributed by atoms with Crippen LogP contribution >= 0.6 is 0 Å². The summed E-state index contributed by atoms with van der Waals surface area (Å²) in [6, 6.07) is 6.73. The van der Waals surface area contributed by atoms with Crippen molar-refractivity contribution >= 4 is 15.9 Å². The third-order valence-electron chi connectivity index (χ3n) is 3.82. The number of nitrogens with zero attached hydrogens (tertiary/aromatic N) is 4. The van der Waals surface area contributed by atoms with Crippen LogP contribution in [0.5, 0.6) is 0 Å². The quantitative estimate of drug-likeness (QED) is 0.651. The fourth-order valence-electron chi connectivity index (χ4n) is 2.46. The Kier molecular flexibility index (Phi) is 4.87. The summed E-state index contributed by atoms with van der Waals surface area (Å²) in [5.74, 6) is 0.225. The summed E-state index contributed by atoms with van der Waals surface area (Å²) in [7, 11) is -0.675. The van der Waals surface area contributed by atoms with Crippen molar-refractivity contribution in [3.63, 3.8) is 0 Å². The van der Waals surface area contributed by atoms with Crippen molar-refractivity contribution in [3.8, 4) is 5.82 Å². The van der Waals surface area contributed by atoms with E-state index in [0.717, 1.165) is 5.56 Å². The van der Waals surface area contributed by atoms with Crippen LogP contribution in [-0.2, 0) is 23.6 Å². The lowest BCUT2D eigenvalue weighted by Crippen LogP contribution is -2.25. The third-order valence-corrected chi connectivity index (χ3v) is 5.20. The van der Waals surface area contributed by atoms with Gasteiger partial charge in [0.25, 0.3) is 5.91 Å². The average Bonchev–Trinajstić information content (AvgIpc) is 3.30. The minimum atomic E-state index is -3.61. The number of nitrogens with one attached hydrogen (secondary N) is 2. The fraction of sp³-hybridized carbons (Fsp3) is 0.188. The van der Waals surface area contributed by atoms with Gasteiger partial charge in [0.05, 0.1) is 0 Å². The molecule has 0 unspecified atom stereocenters. The van der Waals surface area contributed by atoms with Crippen molar-refractivity contribution in [2.45, 2.75) is 11.4 Å². The van der Waals surface area contributed by atoms with Crippen LogP contribution in [-0.4, -0.2) is 40.7 Å². The van der Waals surface area contributed by atoms with Gasteiger partial charge in [0.1, 0.15) is 10.6 Å². The zero-order chi connectivity index (χ0) is 18.7. The van der Waals surface area contributed by atoms with E-state index in [2.05, 4.69) is 20.1 Å². The van der Waals surface area contributed by atoms with Gasteiger partial charge in [0, 0.05) is 43.9 Å². The molecule has 0 aliphatic carbocycles. The standard InChI is InChI=1S/C16H18N6O3S/c1-17-26(24,25)13-9-14(21(2)11-13)16(23)19-10-12-5-3-6-18-15(12)22-8-4-7-20-22/h3-9,11,17H,10H2,1-2H3,(H,19,23). The van der Waals surface area contributed by atoms with Crippen LogP contribution in [0.4, 0.5) is 0 Å². The molecule has 3 aromatic heterocycles. The summed E-state index contributed by atoms with van der Waals surface area (Å²) in [5.41, 5.74) is 1.02. The van der Waals surface area contributed by atoms with Gasteiger partial charge in [0.2, 0.25) is 10.0 Å². The highest BCUT2D eigenvalue weighted by Gasteiger charge is 2.19. The number of aromatic nitrogens is 4. The van der Waals surface area contributed by atoms with Gasteiger partial charge in [-0.15, -0.1) is 0 Å². The number of amides is 1. The molecule has 3 rings (SSSR count). The zero-order valence-corrected chi connectivity index (χ0v) is 15.1. The lowest BCUT2D eigenvalue weighted by Gasteiger charge is -2.10. The second kappa shape index (κ2) is 7.10. The predicted molar refractivity (Wildman–Crippen MR) is 94.2 cm³/mol. The molecule has 3 heterocycles. The summed E-state index contributed by atoms with van der Waals surface area (Å²) in [6.45, 7) is 0.223. The summed E-state index contributed by atoms with van der Waals surface area (Å²) >= 11 is 0. The Labute approximate surface area is 150 Å². The molecule has 0 bridgehead atoms. The number of hydrogen-bond acceptors (Lipinski definition) is 5. The Hall–Kier alpha value is -2.98. The molecule has 0 atom stereocenters. The molecule has 26 heavy (non-hydrogen) atoms. The fourth-order valence-corrected chi connectivity index (χ4v) is 3.26. The summed E-state index contributed by atoms with van der Waals surface area (Å²) in [6.07, 6.45) is 6.44. The van der Waals surface area contributed by atoms with Gasteiger partial charge in [-0.1, -0.05) is 6.07 Å². The lowest BCUT2D eigenvalue weighted by molar-refractivity contribution is 0.0942. The van der Waals surface area contributed by atoms with Crippen LogP contribution in [0, 0.1) is 0 Å². The average molecular weight is 374 g/mol. The Morgan fingerprint density at radius 3 is 2.77 bits per heavy atom. The largest absolute Gasteiger partial charge is 0.347 e. The van der Waals surface area contributed by atoms with E-state index >= 15 is 0 Å².